The second kappa shape index (κ2) is 7.14. The van der Waals surface area contributed by atoms with E-state index in [-0.39, 0.29) is 5.91 Å². The maximum absolute atomic E-state index is 12.7. The minimum atomic E-state index is 0.259. The van der Waals surface area contributed by atoms with E-state index in [9.17, 15) is 4.79 Å². The lowest BCUT2D eigenvalue weighted by Crippen LogP contribution is -2.43. The van der Waals surface area contributed by atoms with Gasteiger partial charge in [0.1, 0.15) is 5.75 Å². The molecule has 0 aromatic heterocycles. The second-order valence-corrected chi connectivity index (χ2v) is 6.42. The van der Waals surface area contributed by atoms with Crippen LogP contribution in [0.4, 0.5) is 0 Å². The number of methoxy groups -OCH3 is 1. The van der Waals surface area contributed by atoms with E-state index in [1.165, 1.54) is 25.9 Å². The highest BCUT2D eigenvalue weighted by atomic mass is 16.5. The molecular weight excluding hydrogens is 276 g/mol. The van der Waals surface area contributed by atoms with Gasteiger partial charge in [0.05, 0.1) is 13.5 Å². The molecule has 22 heavy (non-hydrogen) atoms. The van der Waals surface area contributed by atoms with Crippen LogP contribution in [0.25, 0.3) is 0 Å². The van der Waals surface area contributed by atoms with Crippen molar-refractivity contribution >= 4 is 5.91 Å². The van der Waals surface area contributed by atoms with Crippen LogP contribution in [-0.4, -0.2) is 55.0 Å². The molecule has 4 nitrogen and oxygen atoms in total. The van der Waals surface area contributed by atoms with Crippen molar-refractivity contribution in [1.82, 2.24) is 9.80 Å². The Bertz CT molecular complexity index is 512. The Balaban J connectivity index is 1.60. The standard InChI is InChI=1S/C18H26N2O2/c1-22-17-8-4-6-15(12-17)13-18(21)20-11-5-7-16(20)14-19-9-2-3-10-19/h4,6,8,12,16H,2-3,5,7,9-11,13-14H2,1H3/t16-/m0/s1. The highest BCUT2D eigenvalue weighted by Gasteiger charge is 2.30. The van der Waals surface area contributed by atoms with E-state index in [0.717, 1.165) is 37.2 Å². The van der Waals surface area contributed by atoms with E-state index in [1.807, 2.05) is 24.3 Å². The Kier molecular flexibility index (Phi) is 4.98. The summed E-state index contributed by atoms with van der Waals surface area (Å²) >= 11 is 0. The summed E-state index contributed by atoms with van der Waals surface area (Å²) in [7, 11) is 1.66. The van der Waals surface area contributed by atoms with E-state index < -0.39 is 0 Å². The molecule has 1 amide bonds. The molecule has 0 radical (unpaired) electrons. The maximum atomic E-state index is 12.7. The molecule has 4 heteroatoms. The summed E-state index contributed by atoms with van der Waals surface area (Å²) in [6, 6.07) is 8.25. The van der Waals surface area contributed by atoms with Crippen LogP contribution < -0.4 is 4.74 Å². The first-order valence-electron chi connectivity index (χ1n) is 8.41. The number of hydrogen-bond donors (Lipinski definition) is 0. The topological polar surface area (TPSA) is 32.8 Å². The van der Waals surface area contributed by atoms with Gasteiger partial charge in [-0.2, -0.15) is 0 Å². The summed E-state index contributed by atoms with van der Waals surface area (Å²) < 4.78 is 5.24. The van der Waals surface area contributed by atoms with Gasteiger partial charge in [0.25, 0.3) is 0 Å². The van der Waals surface area contributed by atoms with Crippen LogP contribution in [0, 0.1) is 0 Å². The lowest BCUT2D eigenvalue weighted by atomic mass is 10.1. The number of carbonyl (C=O) groups is 1. The number of amides is 1. The lowest BCUT2D eigenvalue weighted by molar-refractivity contribution is -0.131. The third kappa shape index (κ3) is 3.61. The Labute approximate surface area is 133 Å². The summed E-state index contributed by atoms with van der Waals surface area (Å²) in [6.07, 6.45) is 5.39. The highest BCUT2D eigenvalue weighted by Crippen LogP contribution is 2.22. The first-order valence-corrected chi connectivity index (χ1v) is 8.41. The lowest BCUT2D eigenvalue weighted by Gasteiger charge is -2.28. The zero-order valence-corrected chi connectivity index (χ0v) is 13.5. The van der Waals surface area contributed by atoms with Crippen molar-refractivity contribution in [2.45, 2.75) is 38.1 Å². The van der Waals surface area contributed by atoms with Crippen LogP contribution in [0.15, 0.2) is 24.3 Å². The third-order valence-electron chi connectivity index (χ3n) is 4.85. The van der Waals surface area contributed by atoms with Gasteiger partial charge >= 0.3 is 0 Å². The predicted octanol–water partition coefficient (Wildman–Crippen LogP) is 2.32. The van der Waals surface area contributed by atoms with Gasteiger partial charge in [-0.25, -0.2) is 0 Å². The fourth-order valence-electron chi connectivity index (χ4n) is 3.68. The first-order chi connectivity index (χ1) is 10.8. The summed E-state index contributed by atoms with van der Waals surface area (Å²) in [5.41, 5.74) is 1.04. The van der Waals surface area contributed by atoms with Crippen molar-refractivity contribution in [1.29, 1.82) is 0 Å². The van der Waals surface area contributed by atoms with Crippen molar-refractivity contribution in [2.24, 2.45) is 0 Å². The van der Waals surface area contributed by atoms with E-state index in [0.29, 0.717) is 12.5 Å². The van der Waals surface area contributed by atoms with Gasteiger partial charge < -0.3 is 14.5 Å². The van der Waals surface area contributed by atoms with E-state index in [1.54, 1.807) is 7.11 Å². The normalized spacial score (nSPS) is 22.2. The number of nitrogens with zero attached hydrogens (tertiary/aromatic N) is 2. The SMILES string of the molecule is COc1cccc(CC(=O)N2CCC[C@H]2CN2CCCC2)c1. The zero-order valence-electron chi connectivity index (χ0n) is 13.5. The van der Waals surface area contributed by atoms with Crippen molar-refractivity contribution in [3.63, 3.8) is 0 Å². The molecule has 3 rings (SSSR count). The first kappa shape index (κ1) is 15.3. The van der Waals surface area contributed by atoms with E-state index in [4.69, 9.17) is 4.74 Å². The van der Waals surface area contributed by atoms with Gasteiger partial charge in [-0.3, -0.25) is 4.79 Å². The molecule has 2 saturated heterocycles. The summed E-state index contributed by atoms with van der Waals surface area (Å²) in [5.74, 6) is 1.08. The molecular formula is C18H26N2O2. The summed E-state index contributed by atoms with van der Waals surface area (Å²) in [4.78, 5) is 17.3. The molecule has 1 atom stereocenters. The minimum Gasteiger partial charge on any atom is -0.497 e. The van der Waals surface area contributed by atoms with Crippen LogP contribution in [0.2, 0.25) is 0 Å². The second-order valence-electron chi connectivity index (χ2n) is 6.42. The van der Waals surface area contributed by atoms with E-state index >= 15 is 0 Å². The average Bonchev–Trinajstić information content (AvgIpc) is 3.19. The zero-order chi connectivity index (χ0) is 15.4. The molecule has 1 aromatic rings. The minimum absolute atomic E-state index is 0.259. The molecule has 0 bridgehead atoms. The number of carbonyl (C=O) groups excluding carboxylic acids is 1. The number of likely N-dealkylation sites (tertiary alicyclic amines) is 2. The number of rotatable bonds is 5. The molecule has 120 valence electrons. The van der Waals surface area contributed by atoms with Gasteiger partial charge in [0.15, 0.2) is 0 Å². The molecule has 2 aliphatic heterocycles. The highest BCUT2D eigenvalue weighted by molar-refractivity contribution is 5.79. The van der Waals surface area contributed by atoms with Crippen molar-refractivity contribution in [2.75, 3.05) is 33.3 Å². The smallest absolute Gasteiger partial charge is 0.227 e. The van der Waals surface area contributed by atoms with Crippen molar-refractivity contribution in [3.05, 3.63) is 29.8 Å². The number of benzene rings is 1. The molecule has 0 aliphatic carbocycles. The summed E-state index contributed by atoms with van der Waals surface area (Å²) in [6.45, 7) is 4.38. The predicted molar refractivity (Wildman–Crippen MR) is 87.1 cm³/mol. The van der Waals surface area contributed by atoms with Crippen molar-refractivity contribution in [3.8, 4) is 5.75 Å². The molecule has 0 N–H and O–H groups in total. The van der Waals surface area contributed by atoms with Crippen LogP contribution in [0.1, 0.15) is 31.2 Å². The van der Waals surface area contributed by atoms with Crippen LogP contribution in [0.3, 0.4) is 0 Å². The average molecular weight is 302 g/mol. The van der Waals surface area contributed by atoms with Gasteiger partial charge in [-0.1, -0.05) is 12.1 Å². The van der Waals surface area contributed by atoms with Gasteiger partial charge in [0, 0.05) is 19.1 Å². The van der Waals surface area contributed by atoms with Gasteiger partial charge in [-0.05, 0) is 56.5 Å². The van der Waals surface area contributed by atoms with Gasteiger partial charge in [-0.15, -0.1) is 0 Å². The Morgan fingerprint density at radius 3 is 2.82 bits per heavy atom. The summed E-state index contributed by atoms with van der Waals surface area (Å²) in [5, 5.41) is 0. The van der Waals surface area contributed by atoms with E-state index in [2.05, 4.69) is 9.80 Å². The molecule has 0 spiro atoms. The molecule has 0 saturated carbocycles. The van der Waals surface area contributed by atoms with Gasteiger partial charge in [0.2, 0.25) is 5.91 Å². The molecule has 2 aliphatic rings. The Morgan fingerprint density at radius 1 is 1.23 bits per heavy atom. The fourth-order valence-corrected chi connectivity index (χ4v) is 3.68. The van der Waals surface area contributed by atoms with Crippen LogP contribution >= 0.6 is 0 Å². The third-order valence-corrected chi connectivity index (χ3v) is 4.85. The number of hydrogen-bond acceptors (Lipinski definition) is 3. The van der Waals surface area contributed by atoms with Crippen molar-refractivity contribution < 1.29 is 9.53 Å². The monoisotopic (exact) mass is 302 g/mol. The largest absolute Gasteiger partial charge is 0.497 e. The molecule has 0 unspecified atom stereocenters. The van der Waals surface area contributed by atoms with Crippen LogP contribution in [-0.2, 0) is 11.2 Å². The maximum Gasteiger partial charge on any atom is 0.227 e. The Hall–Kier alpha value is -1.55. The Morgan fingerprint density at radius 2 is 2.05 bits per heavy atom. The molecule has 2 fully saturated rings. The quantitative estimate of drug-likeness (QED) is 0.837. The fraction of sp³-hybridized carbons (Fsp3) is 0.611. The number of ether oxygens (including phenoxy) is 1. The molecule has 1 aromatic carbocycles. The van der Waals surface area contributed by atoms with Crippen LogP contribution in [0.5, 0.6) is 5.75 Å². The molecule has 2 heterocycles.